The van der Waals surface area contributed by atoms with Gasteiger partial charge in [-0.25, -0.2) is 4.79 Å². The first-order valence-electron chi connectivity index (χ1n) is 14.7. The van der Waals surface area contributed by atoms with E-state index in [4.69, 9.17) is 23.1 Å². The van der Waals surface area contributed by atoms with Crippen LogP contribution in [0.25, 0.3) is 6.08 Å². The predicted molar refractivity (Wildman–Crippen MR) is 165 cm³/mol. The van der Waals surface area contributed by atoms with Crippen molar-refractivity contribution in [1.82, 2.24) is 10.2 Å². The van der Waals surface area contributed by atoms with E-state index < -0.39 is 40.3 Å². The number of rotatable bonds is 6. The van der Waals surface area contributed by atoms with Gasteiger partial charge >= 0.3 is 16.2 Å². The Labute approximate surface area is 266 Å². The third-order valence-electron chi connectivity index (χ3n) is 8.17. The third-order valence-corrected chi connectivity index (χ3v) is 9.40. The van der Waals surface area contributed by atoms with Crippen molar-refractivity contribution in [3.05, 3.63) is 75.5 Å². The van der Waals surface area contributed by atoms with E-state index >= 15 is 0 Å². The van der Waals surface area contributed by atoms with E-state index in [0.29, 0.717) is 33.8 Å². The number of ether oxygens (including phenoxy) is 4. The number of carbonyl (C=O) groups is 2. The second-order valence-corrected chi connectivity index (χ2v) is 13.2. The maximum absolute atomic E-state index is 13.6. The van der Waals surface area contributed by atoms with Gasteiger partial charge in [0.2, 0.25) is 12.7 Å². The van der Waals surface area contributed by atoms with Gasteiger partial charge in [0.25, 0.3) is 0 Å². The molecule has 12 nitrogen and oxygen atoms in total. The summed E-state index contributed by atoms with van der Waals surface area (Å²) in [6.07, 6.45) is 0.387. The van der Waals surface area contributed by atoms with E-state index in [1.54, 1.807) is 39.8 Å². The Bertz CT molecular complexity index is 1900. The smallest absolute Gasteiger partial charge is 0.411 e. The molecule has 6 rings (SSSR count). The number of piperazine rings is 1. The lowest BCUT2D eigenvalue weighted by molar-refractivity contribution is -0.129. The first kappa shape index (κ1) is 31.1. The summed E-state index contributed by atoms with van der Waals surface area (Å²) in [4.78, 5) is 28.5. The van der Waals surface area contributed by atoms with Gasteiger partial charge in [0.15, 0.2) is 28.7 Å². The van der Waals surface area contributed by atoms with Crippen LogP contribution in [0.2, 0.25) is 0 Å². The molecule has 3 aromatic rings. The molecule has 0 spiro atoms. The van der Waals surface area contributed by atoms with Crippen LogP contribution in [0.3, 0.4) is 0 Å². The average molecular weight is 651 g/mol. The molecule has 0 unspecified atom stereocenters. The normalized spacial score (nSPS) is 19.2. The molecule has 242 valence electrons. The minimum absolute atomic E-state index is 0.0567. The molecule has 46 heavy (non-hydrogen) atoms. The molecule has 0 radical (unpaired) electrons. The van der Waals surface area contributed by atoms with E-state index in [2.05, 4.69) is 5.32 Å². The predicted octanol–water partition coefficient (Wildman–Crippen LogP) is 4.81. The molecule has 3 aromatic carbocycles. The van der Waals surface area contributed by atoms with Gasteiger partial charge in [0.05, 0.1) is 13.2 Å². The molecule has 3 aliphatic heterocycles. The molecule has 1 fully saturated rings. The lowest BCUT2D eigenvalue weighted by atomic mass is 9.81. The van der Waals surface area contributed by atoms with Gasteiger partial charge in [0, 0.05) is 28.8 Å². The molecule has 3 aliphatic rings. The number of aromatic hydroxyl groups is 1. The van der Waals surface area contributed by atoms with Crippen molar-refractivity contribution in [2.24, 2.45) is 0 Å². The first-order valence-corrected chi connectivity index (χ1v) is 16.1. The van der Waals surface area contributed by atoms with E-state index in [0.717, 1.165) is 5.56 Å². The summed E-state index contributed by atoms with van der Waals surface area (Å²) in [5.74, 6) is 0.140. The zero-order chi connectivity index (χ0) is 33.1. The quantitative estimate of drug-likeness (QED) is 0.356. The van der Waals surface area contributed by atoms with Crippen molar-refractivity contribution in [2.45, 2.75) is 64.1 Å². The van der Waals surface area contributed by atoms with Crippen LogP contribution in [-0.4, -0.2) is 56.5 Å². The lowest BCUT2D eigenvalue weighted by Crippen LogP contribution is -2.60. The maximum atomic E-state index is 13.6. The standard InChI is InChI=1S/C33H34N2O10S/c1-16(2)44-33(38)35-24-13-20-11-18(4)29(41-6)28(36)26(20)27(35)23(34-32(24)37)12-21-14-25-31(43-15-42-25)19(5)30(21)45-46(39,40)22-9-7-17(3)8-10-22/h7-12,14,16,24,27,36H,13,15H2,1-6H3,(H,34,37)/b23-12+/t24-,27-/m0/s1. The Morgan fingerprint density at radius 3 is 2.50 bits per heavy atom. The summed E-state index contributed by atoms with van der Waals surface area (Å²) in [6.45, 7) is 8.55. The van der Waals surface area contributed by atoms with E-state index in [9.17, 15) is 23.1 Å². The van der Waals surface area contributed by atoms with Crippen LogP contribution in [0.15, 0.2) is 47.0 Å². The Morgan fingerprint density at radius 2 is 1.83 bits per heavy atom. The number of hydrogen-bond acceptors (Lipinski definition) is 10. The molecular formula is C33H34N2O10S. The number of nitrogens with one attached hydrogen (secondary N) is 1. The number of amides is 2. The van der Waals surface area contributed by atoms with Crippen molar-refractivity contribution in [2.75, 3.05) is 13.9 Å². The fraction of sp³-hybridized carbons (Fsp3) is 0.333. The van der Waals surface area contributed by atoms with E-state index in [-0.39, 0.29) is 46.6 Å². The van der Waals surface area contributed by atoms with Crippen LogP contribution in [-0.2, 0) is 26.1 Å². The second kappa shape index (κ2) is 11.5. The molecule has 0 aliphatic carbocycles. The molecule has 13 heteroatoms. The minimum Gasteiger partial charge on any atom is -0.504 e. The van der Waals surface area contributed by atoms with Crippen LogP contribution in [0.4, 0.5) is 4.79 Å². The van der Waals surface area contributed by atoms with Gasteiger partial charge in [-0.15, -0.1) is 0 Å². The number of aryl methyl sites for hydroxylation is 2. The highest BCUT2D eigenvalue weighted by Crippen LogP contribution is 2.50. The average Bonchev–Trinajstić information content (AvgIpc) is 3.46. The first-order chi connectivity index (χ1) is 21.8. The van der Waals surface area contributed by atoms with Crippen molar-refractivity contribution < 1.29 is 46.2 Å². The Balaban J connectivity index is 1.56. The molecule has 2 N–H and O–H groups in total. The zero-order valence-corrected chi connectivity index (χ0v) is 27.0. The number of phenols is 1. The van der Waals surface area contributed by atoms with Crippen LogP contribution < -0.4 is 23.7 Å². The van der Waals surface area contributed by atoms with Gasteiger partial charge in [0.1, 0.15) is 17.0 Å². The Kier molecular flexibility index (Phi) is 7.75. The van der Waals surface area contributed by atoms with E-state index in [1.165, 1.54) is 36.3 Å². The molecule has 2 amide bonds. The van der Waals surface area contributed by atoms with Crippen molar-refractivity contribution in [1.29, 1.82) is 0 Å². The highest BCUT2D eigenvalue weighted by molar-refractivity contribution is 7.87. The zero-order valence-electron chi connectivity index (χ0n) is 26.2. The Hall–Kier alpha value is -4.91. The minimum atomic E-state index is -4.32. The van der Waals surface area contributed by atoms with Gasteiger partial charge in [-0.1, -0.05) is 23.8 Å². The fourth-order valence-corrected chi connectivity index (χ4v) is 7.12. The van der Waals surface area contributed by atoms with Crippen molar-refractivity contribution >= 4 is 28.2 Å². The summed E-state index contributed by atoms with van der Waals surface area (Å²) in [6, 6.07) is 7.59. The summed E-state index contributed by atoms with van der Waals surface area (Å²) >= 11 is 0. The number of methoxy groups -OCH3 is 1. The monoisotopic (exact) mass is 650 g/mol. The lowest BCUT2D eigenvalue weighted by Gasteiger charge is -2.47. The third kappa shape index (κ3) is 5.23. The molecule has 2 atom stereocenters. The van der Waals surface area contributed by atoms with Crippen molar-refractivity contribution in [3.8, 4) is 28.7 Å². The molecular weight excluding hydrogens is 616 g/mol. The number of fused-ring (bicyclic) bond motifs is 5. The topological polar surface area (TPSA) is 150 Å². The highest BCUT2D eigenvalue weighted by Gasteiger charge is 2.50. The summed E-state index contributed by atoms with van der Waals surface area (Å²) in [5, 5.41) is 14.4. The van der Waals surface area contributed by atoms with Gasteiger partial charge in [-0.3, -0.25) is 9.69 Å². The summed E-state index contributed by atoms with van der Waals surface area (Å²) in [7, 11) is -2.89. The molecule has 3 heterocycles. The highest BCUT2D eigenvalue weighted by atomic mass is 32.2. The number of hydrogen-bond donors (Lipinski definition) is 2. The van der Waals surface area contributed by atoms with Crippen LogP contribution in [0.1, 0.15) is 53.3 Å². The van der Waals surface area contributed by atoms with Crippen molar-refractivity contribution in [3.63, 3.8) is 0 Å². The van der Waals surface area contributed by atoms with Crippen LogP contribution in [0.5, 0.6) is 28.7 Å². The summed E-state index contributed by atoms with van der Waals surface area (Å²) in [5.41, 5.74) is 3.26. The SMILES string of the molecule is COc1c(C)cc2c(c1O)[C@@H]1/C(=C\c3cc4c(c(C)c3OS(=O)(=O)c3ccc(C)cc3)OCO4)NC(=O)[C@H](C2)N1C(=O)OC(C)C. The largest absolute Gasteiger partial charge is 0.504 e. The number of phenolic OH excluding ortho intramolecular Hbond substituents is 1. The van der Waals surface area contributed by atoms with Gasteiger partial charge in [-0.05, 0) is 70.0 Å². The summed E-state index contributed by atoms with van der Waals surface area (Å²) < 4.78 is 55.0. The maximum Gasteiger partial charge on any atom is 0.411 e. The van der Waals surface area contributed by atoms with Gasteiger partial charge in [-0.2, -0.15) is 8.42 Å². The van der Waals surface area contributed by atoms with Gasteiger partial charge < -0.3 is 33.6 Å². The molecule has 2 bridgehead atoms. The fourth-order valence-electron chi connectivity index (χ4n) is 6.11. The second-order valence-electron chi connectivity index (χ2n) is 11.7. The molecule has 0 aromatic heterocycles. The number of nitrogens with zero attached hydrogens (tertiary/aromatic N) is 1. The van der Waals surface area contributed by atoms with Crippen LogP contribution in [0, 0.1) is 20.8 Å². The molecule has 1 saturated heterocycles. The number of benzene rings is 3. The van der Waals surface area contributed by atoms with E-state index in [1.807, 2.05) is 13.0 Å². The molecule has 0 saturated carbocycles. The number of carbonyl (C=O) groups excluding carboxylic acids is 2. The Morgan fingerprint density at radius 1 is 1.11 bits per heavy atom. The van der Waals surface area contributed by atoms with Crippen LogP contribution >= 0.6 is 0 Å².